The summed E-state index contributed by atoms with van der Waals surface area (Å²) < 4.78 is 10.7. The number of hydrogen-bond donors (Lipinski definition) is 2. The number of hydrazine groups is 1. The van der Waals surface area contributed by atoms with Gasteiger partial charge in [0.15, 0.2) is 0 Å². The first-order valence-corrected chi connectivity index (χ1v) is 6.90. The van der Waals surface area contributed by atoms with Gasteiger partial charge in [0.25, 0.3) is 0 Å². The van der Waals surface area contributed by atoms with E-state index in [0.29, 0.717) is 5.92 Å². The minimum Gasteiger partial charge on any atom is -0.497 e. The van der Waals surface area contributed by atoms with E-state index in [1.54, 1.807) is 14.2 Å². The quantitative estimate of drug-likeness (QED) is 0.556. The summed E-state index contributed by atoms with van der Waals surface area (Å²) in [5.74, 6) is 7.25. The summed E-state index contributed by atoms with van der Waals surface area (Å²) in [5, 5.41) is 0. The number of ether oxygens (including phenoxy) is 2. The van der Waals surface area contributed by atoms with Crippen molar-refractivity contribution in [1.82, 2.24) is 5.43 Å². The van der Waals surface area contributed by atoms with Crippen molar-refractivity contribution in [2.24, 2.45) is 11.8 Å². The zero-order valence-electron chi connectivity index (χ0n) is 11.8. The number of hydrogen-bond acceptors (Lipinski definition) is 4. The molecule has 0 aliphatic heterocycles. The Morgan fingerprint density at radius 1 is 1.26 bits per heavy atom. The topological polar surface area (TPSA) is 56.5 Å². The van der Waals surface area contributed by atoms with Crippen LogP contribution in [0.2, 0.25) is 0 Å². The van der Waals surface area contributed by atoms with Gasteiger partial charge in [-0.1, -0.05) is 12.1 Å². The number of nitrogens with two attached hydrogens (primary N) is 1. The van der Waals surface area contributed by atoms with Crippen molar-refractivity contribution in [2.45, 2.75) is 37.8 Å². The fraction of sp³-hybridized carbons (Fsp3) is 0.600. The van der Waals surface area contributed by atoms with Gasteiger partial charge in [-0.25, -0.2) is 0 Å². The van der Waals surface area contributed by atoms with Gasteiger partial charge in [-0.15, -0.1) is 0 Å². The molecule has 0 radical (unpaired) electrons. The Morgan fingerprint density at radius 3 is 2.42 bits per heavy atom. The molecule has 1 aliphatic rings. The lowest BCUT2D eigenvalue weighted by atomic mass is 9.99. The first kappa shape index (κ1) is 14.3. The zero-order chi connectivity index (χ0) is 13.7. The molecule has 106 valence electrons. The molecule has 19 heavy (non-hydrogen) atoms. The third-order valence-corrected chi connectivity index (χ3v) is 3.87. The van der Waals surface area contributed by atoms with Crippen molar-refractivity contribution in [3.8, 4) is 5.75 Å². The van der Waals surface area contributed by atoms with Gasteiger partial charge in [-0.05, 0) is 49.3 Å². The molecule has 1 fully saturated rings. The second-order valence-electron chi connectivity index (χ2n) is 5.20. The fourth-order valence-corrected chi connectivity index (χ4v) is 2.57. The fourth-order valence-electron chi connectivity index (χ4n) is 2.57. The van der Waals surface area contributed by atoms with Crippen molar-refractivity contribution in [1.29, 1.82) is 0 Å². The van der Waals surface area contributed by atoms with Gasteiger partial charge in [0.05, 0.1) is 13.2 Å². The van der Waals surface area contributed by atoms with E-state index in [9.17, 15) is 0 Å². The summed E-state index contributed by atoms with van der Waals surface area (Å²) >= 11 is 0. The number of benzene rings is 1. The van der Waals surface area contributed by atoms with Crippen LogP contribution in [0.3, 0.4) is 0 Å². The number of rotatable bonds is 8. The SMILES string of the molecule is COc1ccc(CCC(NN)C(OC)C2CC2)cc1. The molecular formula is C15H24N2O2. The van der Waals surface area contributed by atoms with Crippen LogP contribution >= 0.6 is 0 Å². The maximum absolute atomic E-state index is 5.67. The summed E-state index contributed by atoms with van der Waals surface area (Å²) in [7, 11) is 3.46. The Hall–Kier alpha value is -1.10. The summed E-state index contributed by atoms with van der Waals surface area (Å²) in [5.41, 5.74) is 4.22. The number of nitrogens with one attached hydrogen (secondary N) is 1. The van der Waals surface area contributed by atoms with Gasteiger partial charge in [-0.2, -0.15) is 0 Å². The van der Waals surface area contributed by atoms with Crippen molar-refractivity contribution in [2.75, 3.05) is 14.2 Å². The predicted octanol–water partition coefficient (Wildman–Crippen LogP) is 1.88. The molecule has 0 bridgehead atoms. The van der Waals surface area contributed by atoms with E-state index in [-0.39, 0.29) is 12.1 Å². The largest absolute Gasteiger partial charge is 0.497 e. The van der Waals surface area contributed by atoms with Crippen molar-refractivity contribution < 1.29 is 9.47 Å². The molecular weight excluding hydrogens is 240 g/mol. The lowest BCUT2D eigenvalue weighted by molar-refractivity contribution is 0.0485. The minimum atomic E-state index is 0.222. The van der Waals surface area contributed by atoms with Gasteiger partial charge >= 0.3 is 0 Å². The van der Waals surface area contributed by atoms with Crippen LogP contribution < -0.4 is 16.0 Å². The molecule has 2 atom stereocenters. The van der Waals surface area contributed by atoms with E-state index in [0.717, 1.165) is 18.6 Å². The van der Waals surface area contributed by atoms with E-state index >= 15 is 0 Å². The Labute approximate surface area is 115 Å². The molecule has 0 spiro atoms. The molecule has 4 heteroatoms. The van der Waals surface area contributed by atoms with Crippen molar-refractivity contribution in [3.63, 3.8) is 0 Å². The van der Waals surface area contributed by atoms with Gasteiger partial charge in [-0.3, -0.25) is 11.3 Å². The number of methoxy groups -OCH3 is 2. The molecule has 3 N–H and O–H groups in total. The highest BCUT2D eigenvalue weighted by Crippen LogP contribution is 2.36. The standard InChI is InChI=1S/C15H24N2O2/c1-18-13-8-3-11(4-9-13)5-10-14(17-16)15(19-2)12-6-7-12/h3-4,8-9,12,14-15,17H,5-7,10,16H2,1-2H3. The molecule has 1 aromatic carbocycles. The van der Waals surface area contributed by atoms with Crippen LogP contribution in [0.5, 0.6) is 5.75 Å². The smallest absolute Gasteiger partial charge is 0.118 e. The van der Waals surface area contributed by atoms with Crippen LogP contribution in [0.1, 0.15) is 24.8 Å². The van der Waals surface area contributed by atoms with Gasteiger partial charge < -0.3 is 9.47 Å². The van der Waals surface area contributed by atoms with E-state index in [4.69, 9.17) is 15.3 Å². The van der Waals surface area contributed by atoms with Crippen LogP contribution in [-0.2, 0) is 11.2 Å². The molecule has 1 aromatic rings. The predicted molar refractivity (Wildman–Crippen MR) is 75.9 cm³/mol. The average Bonchev–Trinajstić information content (AvgIpc) is 3.28. The first-order chi connectivity index (χ1) is 9.28. The molecule has 0 heterocycles. The zero-order valence-corrected chi connectivity index (χ0v) is 11.8. The van der Waals surface area contributed by atoms with Gasteiger partial charge in [0.2, 0.25) is 0 Å². The Bertz CT molecular complexity index is 376. The van der Waals surface area contributed by atoms with Crippen LogP contribution in [0.25, 0.3) is 0 Å². The summed E-state index contributed by atoms with van der Waals surface area (Å²) in [4.78, 5) is 0. The first-order valence-electron chi connectivity index (χ1n) is 6.90. The van der Waals surface area contributed by atoms with Crippen LogP contribution in [0.4, 0.5) is 0 Å². The Morgan fingerprint density at radius 2 is 1.95 bits per heavy atom. The molecule has 0 amide bonds. The van der Waals surface area contributed by atoms with E-state index in [1.165, 1.54) is 18.4 Å². The summed E-state index contributed by atoms with van der Waals surface area (Å²) in [6, 6.07) is 8.42. The second-order valence-corrected chi connectivity index (χ2v) is 5.20. The summed E-state index contributed by atoms with van der Waals surface area (Å²) in [6.07, 6.45) is 4.74. The Balaban J connectivity index is 1.87. The van der Waals surface area contributed by atoms with Crippen molar-refractivity contribution >= 4 is 0 Å². The molecule has 0 aromatic heterocycles. The van der Waals surface area contributed by atoms with Gasteiger partial charge in [0, 0.05) is 13.2 Å². The lowest BCUT2D eigenvalue weighted by Gasteiger charge is -2.25. The monoisotopic (exact) mass is 264 g/mol. The molecule has 0 saturated heterocycles. The Kier molecular flexibility index (Phi) is 5.19. The highest BCUT2D eigenvalue weighted by molar-refractivity contribution is 5.27. The highest BCUT2D eigenvalue weighted by Gasteiger charge is 2.36. The molecule has 4 nitrogen and oxygen atoms in total. The normalized spacial score (nSPS) is 18.1. The molecule has 2 unspecified atom stereocenters. The molecule has 1 saturated carbocycles. The summed E-state index contributed by atoms with van der Waals surface area (Å²) in [6.45, 7) is 0. The maximum Gasteiger partial charge on any atom is 0.118 e. The highest BCUT2D eigenvalue weighted by atomic mass is 16.5. The van der Waals surface area contributed by atoms with Crippen LogP contribution in [0, 0.1) is 5.92 Å². The van der Waals surface area contributed by atoms with Crippen LogP contribution in [-0.4, -0.2) is 26.4 Å². The minimum absolute atomic E-state index is 0.222. The average molecular weight is 264 g/mol. The van der Waals surface area contributed by atoms with E-state index < -0.39 is 0 Å². The van der Waals surface area contributed by atoms with Gasteiger partial charge in [0.1, 0.15) is 5.75 Å². The van der Waals surface area contributed by atoms with Crippen LogP contribution in [0.15, 0.2) is 24.3 Å². The number of aryl methyl sites for hydroxylation is 1. The lowest BCUT2D eigenvalue weighted by Crippen LogP contribution is -2.46. The molecule has 1 aliphatic carbocycles. The van der Waals surface area contributed by atoms with E-state index in [1.807, 2.05) is 12.1 Å². The van der Waals surface area contributed by atoms with E-state index in [2.05, 4.69) is 17.6 Å². The third-order valence-electron chi connectivity index (χ3n) is 3.87. The third kappa shape index (κ3) is 3.93. The molecule has 2 rings (SSSR count). The second kappa shape index (κ2) is 6.89. The van der Waals surface area contributed by atoms with Crippen molar-refractivity contribution in [3.05, 3.63) is 29.8 Å². The maximum atomic E-state index is 5.67.